The molecule has 0 unspecified atom stereocenters. The topological polar surface area (TPSA) is 106 Å². The van der Waals surface area contributed by atoms with Crippen molar-refractivity contribution < 1.29 is 28.9 Å². The molecule has 0 saturated heterocycles. The third-order valence-corrected chi connectivity index (χ3v) is 5.09. The summed E-state index contributed by atoms with van der Waals surface area (Å²) in [7, 11) is 0. The zero-order valence-corrected chi connectivity index (χ0v) is 20.3. The summed E-state index contributed by atoms with van der Waals surface area (Å²) in [5.41, 5.74) is 4.50. The normalized spacial score (nSPS) is 10.6. The lowest BCUT2D eigenvalue weighted by atomic mass is 10.1. The van der Waals surface area contributed by atoms with Crippen molar-refractivity contribution in [3.05, 3.63) is 101 Å². The highest BCUT2D eigenvalue weighted by atomic mass is 35.5. The van der Waals surface area contributed by atoms with E-state index in [4.69, 9.17) is 30.9 Å². The van der Waals surface area contributed by atoms with Crippen LogP contribution in [0.1, 0.15) is 38.8 Å². The molecule has 3 aromatic carbocycles. The molecule has 9 heteroatoms. The van der Waals surface area contributed by atoms with Crippen LogP contribution in [0.5, 0.6) is 17.2 Å². The molecule has 186 valence electrons. The van der Waals surface area contributed by atoms with Gasteiger partial charge in [-0.05, 0) is 66.6 Å². The smallest absolute Gasteiger partial charge is 0.335 e. The van der Waals surface area contributed by atoms with Gasteiger partial charge in [0.05, 0.1) is 23.4 Å². The van der Waals surface area contributed by atoms with Gasteiger partial charge in [-0.25, -0.2) is 10.2 Å². The second-order valence-corrected chi connectivity index (χ2v) is 7.78. The van der Waals surface area contributed by atoms with Gasteiger partial charge in [-0.2, -0.15) is 5.10 Å². The summed E-state index contributed by atoms with van der Waals surface area (Å²) in [6.45, 7) is 6.43. The van der Waals surface area contributed by atoms with E-state index in [-0.39, 0.29) is 12.2 Å². The Bertz CT molecular complexity index is 1260. The zero-order chi connectivity index (χ0) is 25.9. The maximum atomic E-state index is 12.5. The highest BCUT2D eigenvalue weighted by molar-refractivity contribution is 6.32. The lowest BCUT2D eigenvalue weighted by molar-refractivity contribution is 0.0696. The molecule has 0 aromatic heterocycles. The first kappa shape index (κ1) is 26.3. The lowest BCUT2D eigenvalue weighted by Gasteiger charge is -2.12. The fourth-order valence-electron chi connectivity index (χ4n) is 3.03. The molecule has 0 fully saturated rings. The minimum Gasteiger partial charge on any atom is -0.490 e. The van der Waals surface area contributed by atoms with Crippen LogP contribution in [0.15, 0.2) is 78.4 Å². The average Bonchev–Trinajstić information content (AvgIpc) is 2.87. The van der Waals surface area contributed by atoms with E-state index >= 15 is 0 Å². The Morgan fingerprint density at radius 1 is 0.972 bits per heavy atom. The second-order valence-electron chi connectivity index (χ2n) is 7.37. The maximum absolute atomic E-state index is 12.5. The number of halogens is 1. The van der Waals surface area contributed by atoms with E-state index in [0.717, 1.165) is 5.56 Å². The number of amides is 1. The molecule has 0 bridgehead atoms. The highest BCUT2D eigenvalue weighted by Gasteiger charge is 2.11. The molecule has 0 radical (unpaired) electrons. The van der Waals surface area contributed by atoms with E-state index in [1.54, 1.807) is 54.6 Å². The van der Waals surface area contributed by atoms with Gasteiger partial charge in [-0.15, -0.1) is 0 Å². The Morgan fingerprint density at radius 2 is 1.69 bits per heavy atom. The van der Waals surface area contributed by atoms with Crippen molar-refractivity contribution in [1.82, 2.24) is 5.43 Å². The number of rotatable bonds is 12. The van der Waals surface area contributed by atoms with Gasteiger partial charge in [-0.3, -0.25) is 4.79 Å². The predicted molar refractivity (Wildman–Crippen MR) is 138 cm³/mol. The summed E-state index contributed by atoms with van der Waals surface area (Å²) in [4.78, 5) is 23.4. The van der Waals surface area contributed by atoms with E-state index in [1.165, 1.54) is 18.3 Å². The molecule has 2 N–H and O–H groups in total. The van der Waals surface area contributed by atoms with Crippen molar-refractivity contribution in [3.8, 4) is 17.2 Å². The molecule has 1 amide bonds. The summed E-state index contributed by atoms with van der Waals surface area (Å²) >= 11 is 6.31. The molecule has 3 aromatic rings. The Kier molecular flexibility index (Phi) is 9.48. The van der Waals surface area contributed by atoms with Crippen LogP contribution in [0.25, 0.3) is 0 Å². The molecule has 0 atom stereocenters. The second kappa shape index (κ2) is 13.0. The quantitative estimate of drug-likeness (QED) is 0.194. The standard InChI is InChI=1S/C27H25ClN2O6/c1-3-13-35-24-12-10-21(15-25(24)34-4-2)26(31)30-29-16-19-7-11-23(22(28)14-19)36-17-18-5-8-20(9-6-18)27(32)33/h3,5-12,14-16H,1,4,13,17H2,2H3,(H,30,31)(H,32,33)/b29-16+. The van der Waals surface area contributed by atoms with Crippen LogP contribution in [0, 0.1) is 0 Å². The molecule has 0 saturated carbocycles. The number of hydrogen-bond acceptors (Lipinski definition) is 6. The Balaban J connectivity index is 1.58. The molecular formula is C27H25ClN2O6. The summed E-state index contributed by atoms with van der Waals surface area (Å²) < 4.78 is 16.8. The van der Waals surface area contributed by atoms with Crippen LogP contribution in [-0.2, 0) is 6.61 Å². The van der Waals surface area contributed by atoms with Gasteiger partial charge < -0.3 is 19.3 Å². The molecular weight excluding hydrogens is 484 g/mol. The van der Waals surface area contributed by atoms with Crippen LogP contribution in [0.4, 0.5) is 0 Å². The first-order valence-corrected chi connectivity index (χ1v) is 11.4. The van der Waals surface area contributed by atoms with Crippen molar-refractivity contribution in [2.45, 2.75) is 13.5 Å². The first-order valence-electron chi connectivity index (χ1n) is 11.0. The van der Waals surface area contributed by atoms with Crippen LogP contribution in [0.3, 0.4) is 0 Å². The van der Waals surface area contributed by atoms with Crippen LogP contribution in [0.2, 0.25) is 5.02 Å². The number of nitrogens with one attached hydrogen (secondary N) is 1. The van der Waals surface area contributed by atoms with Crippen LogP contribution in [-0.4, -0.2) is 36.4 Å². The molecule has 0 aliphatic carbocycles. The van der Waals surface area contributed by atoms with Crippen molar-refractivity contribution in [2.24, 2.45) is 5.10 Å². The fraction of sp³-hybridized carbons (Fsp3) is 0.148. The third kappa shape index (κ3) is 7.35. The predicted octanol–water partition coefficient (Wildman–Crippen LogP) is 5.34. The summed E-state index contributed by atoms with van der Waals surface area (Å²) in [5, 5.41) is 13.3. The van der Waals surface area contributed by atoms with Gasteiger partial charge in [0.2, 0.25) is 0 Å². The fourth-order valence-corrected chi connectivity index (χ4v) is 3.28. The Hall–Kier alpha value is -4.30. The van der Waals surface area contributed by atoms with Gasteiger partial charge >= 0.3 is 5.97 Å². The monoisotopic (exact) mass is 508 g/mol. The van der Waals surface area contributed by atoms with E-state index < -0.39 is 11.9 Å². The number of benzene rings is 3. The number of hydrazone groups is 1. The first-order chi connectivity index (χ1) is 17.4. The average molecular weight is 509 g/mol. The zero-order valence-electron chi connectivity index (χ0n) is 19.6. The molecule has 8 nitrogen and oxygen atoms in total. The molecule has 0 heterocycles. The Labute approximate surface area is 213 Å². The lowest BCUT2D eigenvalue weighted by Crippen LogP contribution is -2.17. The maximum Gasteiger partial charge on any atom is 0.335 e. The summed E-state index contributed by atoms with van der Waals surface area (Å²) in [6.07, 6.45) is 3.08. The van der Waals surface area contributed by atoms with Crippen LogP contribution < -0.4 is 19.6 Å². The summed E-state index contributed by atoms with van der Waals surface area (Å²) in [6, 6.07) is 16.3. The molecule has 36 heavy (non-hydrogen) atoms. The third-order valence-electron chi connectivity index (χ3n) is 4.79. The van der Waals surface area contributed by atoms with Gasteiger partial charge in [0.15, 0.2) is 11.5 Å². The van der Waals surface area contributed by atoms with Gasteiger partial charge in [-0.1, -0.05) is 36.4 Å². The number of carbonyl (C=O) groups excluding carboxylic acids is 1. The van der Waals surface area contributed by atoms with Crippen molar-refractivity contribution in [1.29, 1.82) is 0 Å². The minimum atomic E-state index is -0.985. The molecule has 0 aliphatic rings. The number of carboxylic acid groups (broad SMARTS) is 1. The van der Waals surface area contributed by atoms with E-state index in [2.05, 4.69) is 17.1 Å². The van der Waals surface area contributed by atoms with Crippen molar-refractivity contribution >= 4 is 29.7 Å². The highest BCUT2D eigenvalue weighted by Crippen LogP contribution is 2.29. The minimum absolute atomic E-state index is 0.205. The SMILES string of the molecule is C=CCOc1ccc(C(=O)N/N=C/c2ccc(OCc3ccc(C(=O)O)cc3)c(Cl)c2)cc1OCC. The van der Waals surface area contributed by atoms with E-state index in [0.29, 0.717) is 46.6 Å². The number of carboxylic acids is 1. The number of aromatic carboxylic acids is 1. The number of nitrogens with zero attached hydrogens (tertiary/aromatic N) is 1. The number of hydrogen-bond donors (Lipinski definition) is 2. The van der Waals surface area contributed by atoms with E-state index in [9.17, 15) is 9.59 Å². The van der Waals surface area contributed by atoms with Crippen molar-refractivity contribution in [3.63, 3.8) is 0 Å². The van der Waals surface area contributed by atoms with Gasteiger partial charge in [0.25, 0.3) is 5.91 Å². The van der Waals surface area contributed by atoms with Crippen LogP contribution >= 0.6 is 11.6 Å². The largest absolute Gasteiger partial charge is 0.490 e. The molecule has 0 aliphatic heterocycles. The molecule has 3 rings (SSSR count). The number of ether oxygens (including phenoxy) is 3. The van der Waals surface area contributed by atoms with Gasteiger partial charge in [0.1, 0.15) is 19.0 Å². The molecule has 0 spiro atoms. The van der Waals surface area contributed by atoms with Crippen molar-refractivity contribution in [2.75, 3.05) is 13.2 Å². The van der Waals surface area contributed by atoms with E-state index in [1.807, 2.05) is 6.92 Å². The van der Waals surface area contributed by atoms with Gasteiger partial charge in [0, 0.05) is 5.56 Å². The Morgan fingerprint density at radius 3 is 2.36 bits per heavy atom. The number of carbonyl (C=O) groups is 2. The summed E-state index contributed by atoms with van der Waals surface area (Å²) in [5.74, 6) is 0.0352.